The number of carboxylic acids is 1. The second-order valence-electron chi connectivity index (χ2n) is 3.49. The van der Waals surface area contributed by atoms with E-state index in [2.05, 4.69) is 0 Å². The second-order valence-corrected chi connectivity index (χ2v) is 3.49. The molecule has 5 heteroatoms. The molecule has 0 bridgehead atoms. The van der Waals surface area contributed by atoms with Crippen molar-refractivity contribution in [1.82, 2.24) is 0 Å². The maximum atomic E-state index is 10.9. The van der Waals surface area contributed by atoms with Gasteiger partial charge in [0.15, 0.2) is 5.75 Å². The number of para-hydroxylation sites is 1. The Balaban J connectivity index is 2.63. The van der Waals surface area contributed by atoms with Gasteiger partial charge in [0.05, 0.1) is 18.4 Å². The molecular weight excluding hydrogens is 220 g/mol. The Morgan fingerprint density at radius 1 is 1.47 bits per heavy atom. The molecule has 90 valence electrons. The fourth-order valence-electron chi connectivity index (χ4n) is 1.36. The summed E-state index contributed by atoms with van der Waals surface area (Å²) in [6.07, 6.45) is 1.89. The zero-order valence-corrected chi connectivity index (χ0v) is 9.35. The van der Waals surface area contributed by atoms with E-state index >= 15 is 0 Å². The van der Waals surface area contributed by atoms with Crippen LogP contribution in [0, 0.1) is 11.3 Å². The van der Waals surface area contributed by atoms with Gasteiger partial charge in [0, 0.05) is 6.42 Å². The summed E-state index contributed by atoms with van der Waals surface area (Å²) in [5.74, 6) is -0.860. The van der Waals surface area contributed by atoms with E-state index in [1.165, 1.54) is 6.07 Å². The van der Waals surface area contributed by atoms with Crippen LogP contribution in [-0.2, 0) is 0 Å². The molecule has 17 heavy (non-hydrogen) atoms. The van der Waals surface area contributed by atoms with Crippen molar-refractivity contribution in [2.24, 2.45) is 0 Å². The number of unbranched alkanes of at least 4 members (excludes halogenated alkanes) is 2. The largest absolute Gasteiger partial charge is 0.491 e. The summed E-state index contributed by atoms with van der Waals surface area (Å²) < 4.78 is 5.36. The van der Waals surface area contributed by atoms with E-state index in [0.717, 1.165) is 6.42 Å². The Labute approximate surface area is 99.4 Å². The molecule has 3 N–H and O–H groups in total. The molecule has 0 heterocycles. The van der Waals surface area contributed by atoms with Crippen LogP contribution in [0.5, 0.6) is 5.75 Å². The minimum Gasteiger partial charge on any atom is -0.491 e. The monoisotopic (exact) mass is 234 g/mol. The van der Waals surface area contributed by atoms with Gasteiger partial charge in [-0.05, 0) is 25.0 Å². The van der Waals surface area contributed by atoms with E-state index in [-0.39, 0.29) is 11.3 Å². The molecule has 0 atom stereocenters. The van der Waals surface area contributed by atoms with E-state index in [0.29, 0.717) is 25.1 Å². The van der Waals surface area contributed by atoms with E-state index in [1.807, 2.05) is 6.07 Å². The Kier molecular flexibility index (Phi) is 4.82. The molecule has 1 aromatic carbocycles. The molecule has 0 saturated heterocycles. The Morgan fingerprint density at radius 3 is 2.88 bits per heavy atom. The first kappa shape index (κ1) is 12.8. The van der Waals surface area contributed by atoms with Gasteiger partial charge in [-0.2, -0.15) is 5.26 Å². The van der Waals surface area contributed by atoms with Gasteiger partial charge in [0.1, 0.15) is 5.56 Å². The number of carboxylic acid groups (broad SMARTS) is 1. The molecule has 0 aliphatic carbocycles. The highest BCUT2D eigenvalue weighted by atomic mass is 16.5. The molecule has 0 saturated carbocycles. The Morgan fingerprint density at radius 2 is 2.24 bits per heavy atom. The van der Waals surface area contributed by atoms with Gasteiger partial charge in [-0.1, -0.05) is 6.07 Å². The summed E-state index contributed by atoms with van der Waals surface area (Å²) >= 11 is 0. The summed E-state index contributed by atoms with van der Waals surface area (Å²) in [4.78, 5) is 10.9. The van der Waals surface area contributed by atoms with Gasteiger partial charge < -0.3 is 15.6 Å². The van der Waals surface area contributed by atoms with E-state index < -0.39 is 5.97 Å². The van der Waals surface area contributed by atoms with Crippen molar-refractivity contribution in [3.05, 3.63) is 23.8 Å². The number of hydrogen-bond acceptors (Lipinski definition) is 4. The standard InChI is InChI=1S/C12H14N2O3/c13-7-2-1-3-8-17-11-9(12(15)16)5-4-6-10(11)14/h4-6H,1-3,8,14H2,(H,15,16). The van der Waals surface area contributed by atoms with Crippen LogP contribution in [0.15, 0.2) is 18.2 Å². The SMILES string of the molecule is N#CCCCCOc1c(N)cccc1C(=O)O. The highest BCUT2D eigenvalue weighted by Crippen LogP contribution is 2.26. The van der Waals surface area contributed by atoms with Crippen molar-refractivity contribution in [3.8, 4) is 11.8 Å². The van der Waals surface area contributed by atoms with Crippen LogP contribution in [0.4, 0.5) is 5.69 Å². The van der Waals surface area contributed by atoms with Crippen molar-refractivity contribution in [2.75, 3.05) is 12.3 Å². The number of nitrogens with two attached hydrogens (primary N) is 1. The fourth-order valence-corrected chi connectivity index (χ4v) is 1.36. The third kappa shape index (κ3) is 3.68. The van der Waals surface area contributed by atoms with Crippen LogP contribution >= 0.6 is 0 Å². The first-order chi connectivity index (χ1) is 8.16. The van der Waals surface area contributed by atoms with Gasteiger partial charge in [0.25, 0.3) is 0 Å². The molecule has 0 aliphatic heterocycles. The van der Waals surface area contributed by atoms with Crippen LogP contribution in [0.2, 0.25) is 0 Å². The average molecular weight is 234 g/mol. The molecule has 1 aromatic rings. The van der Waals surface area contributed by atoms with Crippen molar-refractivity contribution in [1.29, 1.82) is 5.26 Å². The number of rotatable bonds is 6. The zero-order valence-electron chi connectivity index (χ0n) is 9.35. The number of benzene rings is 1. The number of nitrogens with zero attached hydrogens (tertiary/aromatic N) is 1. The number of ether oxygens (including phenoxy) is 1. The van der Waals surface area contributed by atoms with E-state index in [1.54, 1.807) is 12.1 Å². The number of aromatic carboxylic acids is 1. The molecular formula is C12H14N2O3. The minimum atomic E-state index is -1.07. The summed E-state index contributed by atoms with van der Waals surface area (Å²) in [7, 11) is 0. The van der Waals surface area contributed by atoms with E-state index in [4.69, 9.17) is 20.8 Å². The number of anilines is 1. The number of nitriles is 1. The lowest BCUT2D eigenvalue weighted by molar-refractivity contribution is 0.0692. The lowest BCUT2D eigenvalue weighted by Crippen LogP contribution is -2.07. The molecule has 0 fully saturated rings. The van der Waals surface area contributed by atoms with Gasteiger partial charge in [-0.3, -0.25) is 0 Å². The van der Waals surface area contributed by atoms with Crippen molar-refractivity contribution in [3.63, 3.8) is 0 Å². The number of nitrogen functional groups attached to an aromatic ring is 1. The lowest BCUT2D eigenvalue weighted by Gasteiger charge is -2.10. The molecule has 0 unspecified atom stereocenters. The second kappa shape index (κ2) is 6.38. The highest BCUT2D eigenvalue weighted by Gasteiger charge is 2.13. The van der Waals surface area contributed by atoms with Crippen LogP contribution in [0.3, 0.4) is 0 Å². The molecule has 5 nitrogen and oxygen atoms in total. The molecule has 0 amide bonds. The first-order valence-electron chi connectivity index (χ1n) is 5.28. The van der Waals surface area contributed by atoms with Gasteiger partial charge in [0.2, 0.25) is 0 Å². The van der Waals surface area contributed by atoms with E-state index in [9.17, 15) is 4.79 Å². The zero-order chi connectivity index (χ0) is 12.7. The summed E-state index contributed by atoms with van der Waals surface area (Å²) in [6, 6.07) is 6.65. The quantitative estimate of drug-likeness (QED) is 0.580. The number of carbonyl (C=O) groups is 1. The van der Waals surface area contributed by atoms with Gasteiger partial charge >= 0.3 is 5.97 Å². The Bertz CT molecular complexity index is 438. The average Bonchev–Trinajstić information content (AvgIpc) is 2.30. The third-order valence-corrected chi connectivity index (χ3v) is 2.21. The third-order valence-electron chi connectivity index (χ3n) is 2.21. The maximum absolute atomic E-state index is 10.9. The summed E-state index contributed by atoms with van der Waals surface area (Å²) in [5.41, 5.74) is 6.03. The molecule has 0 aromatic heterocycles. The summed E-state index contributed by atoms with van der Waals surface area (Å²) in [6.45, 7) is 0.357. The first-order valence-corrected chi connectivity index (χ1v) is 5.28. The maximum Gasteiger partial charge on any atom is 0.339 e. The molecule has 0 spiro atoms. The lowest BCUT2D eigenvalue weighted by atomic mass is 10.1. The van der Waals surface area contributed by atoms with Crippen LogP contribution in [0.25, 0.3) is 0 Å². The highest BCUT2D eigenvalue weighted by molar-refractivity contribution is 5.93. The molecule has 1 rings (SSSR count). The number of hydrogen-bond donors (Lipinski definition) is 2. The van der Waals surface area contributed by atoms with Crippen LogP contribution in [0.1, 0.15) is 29.6 Å². The smallest absolute Gasteiger partial charge is 0.339 e. The predicted octanol–water partition coefficient (Wildman–Crippen LogP) is 2.04. The molecule has 0 radical (unpaired) electrons. The van der Waals surface area contributed by atoms with Crippen molar-refractivity contribution in [2.45, 2.75) is 19.3 Å². The summed E-state index contributed by atoms with van der Waals surface area (Å²) in [5, 5.41) is 17.3. The normalized spacial score (nSPS) is 9.59. The van der Waals surface area contributed by atoms with Crippen LogP contribution < -0.4 is 10.5 Å². The predicted molar refractivity (Wildman–Crippen MR) is 62.8 cm³/mol. The van der Waals surface area contributed by atoms with Crippen molar-refractivity contribution < 1.29 is 14.6 Å². The van der Waals surface area contributed by atoms with Crippen molar-refractivity contribution >= 4 is 11.7 Å². The van der Waals surface area contributed by atoms with Gasteiger partial charge in [-0.15, -0.1) is 0 Å². The van der Waals surface area contributed by atoms with Gasteiger partial charge in [-0.25, -0.2) is 4.79 Å². The topological polar surface area (TPSA) is 96.3 Å². The van der Waals surface area contributed by atoms with Crippen LogP contribution in [-0.4, -0.2) is 17.7 Å². The fraction of sp³-hybridized carbons (Fsp3) is 0.333. The Hall–Kier alpha value is -2.22. The minimum absolute atomic E-state index is 0.0604. The molecule has 0 aliphatic rings.